The number of carbonyl (C=O) groups excluding carboxylic acids is 2. The van der Waals surface area contributed by atoms with E-state index in [1.807, 2.05) is 0 Å². The van der Waals surface area contributed by atoms with Gasteiger partial charge in [0.15, 0.2) is 0 Å². The summed E-state index contributed by atoms with van der Waals surface area (Å²) in [4.78, 5) is 29.5. The molecular weight excluding hydrogens is 402 g/mol. The molecular formula is C23H20F2N4O2. The number of rotatable bonds is 3. The molecule has 3 heterocycles. The fourth-order valence-electron chi connectivity index (χ4n) is 4.87. The van der Waals surface area contributed by atoms with Gasteiger partial charge in [0.25, 0.3) is 0 Å². The van der Waals surface area contributed by atoms with Crippen LogP contribution in [0.3, 0.4) is 0 Å². The standard InChI is InChI=1S/C23H20F2N4O2/c1-9-20(26)10(2)27-21(9)19(17-13-7-11(24)3-5-15(13)28-22(17)30)18-14-8-12(25)4-6-16(14)29-23(18)31/h3-8,17-19,27H,26H2,1-2H3,(H,28,30)(H,29,31). The van der Waals surface area contributed by atoms with Crippen molar-refractivity contribution in [1.82, 2.24) is 4.98 Å². The number of aromatic amines is 1. The van der Waals surface area contributed by atoms with Gasteiger partial charge in [0, 0.05) is 28.7 Å². The third-order valence-corrected chi connectivity index (χ3v) is 6.36. The molecule has 2 amide bonds. The lowest BCUT2D eigenvalue weighted by molar-refractivity contribution is -0.119. The number of hydrogen-bond acceptors (Lipinski definition) is 3. The number of nitrogens with two attached hydrogens (primary N) is 1. The van der Waals surface area contributed by atoms with Crippen molar-refractivity contribution in [3.8, 4) is 0 Å². The van der Waals surface area contributed by atoms with E-state index in [-0.39, 0.29) is 11.8 Å². The summed E-state index contributed by atoms with van der Waals surface area (Å²) >= 11 is 0. The third-order valence-electron chi connectivity index (χ3n) is 6.36. The van der Waals surface area contributed by atoms with E-state index in [0.29, 0.717) is 45.1 Å². The Balaban J connectivity index is 1.76. The number of aromatic nitrogens is 1. The van der Waals surface area contributed by atoms with Crippen LogP contribution in [0.1, 0.15) is 45.8 Å². The van der Waals surface area contributed by atoms with Crippen molar-refractivity contribution >= 4 is 28.9 Å². The lowest BCUT2D eigenvalue weighted by Crippen LogP contribution is -2.29. The number of fused-ring (bicyclic) bond motifs is 2. The van der Waals surface area contributed by atoms with Crippen LogP contribution >= 0.6 is 0 Å². The van der Waals surface area contributed by atoms with E-state index >= 15 is 0 Å². The lowest BCUT2D eigenvalue weighted by Gasteiger charge is -2.27. The predicted molar refractivity (Wildman–Crippen MR) is 113 cm³/mol. The number of aryl methyl sites for hydroxylation is 1. The molecule has 0 fully saturated rings. The first-order chi connectivity index (χ1) is 14.8. The highest BCUT2D eigenvalue weighted by molar-refractivity contribution is 6.07. The van der Waals surface area contributed by atoms with Crippen LogP contribution in [0.4, 0.5) is 25.8 Å². The molecule has 2 aliphatic rings. The van der Waals surface area contributed by atoms with Gasteiger partial charge in [0.05, 0.1) is 17.5 Å². The quantitative estimate of drug-likeness (QED) is 0.512. The highest BCUT2D eigenvalue weighted by Crippen LogP contribution is 2.53. The van der Waals surface area contributed by atoms with Crippen LogP contribution in [0.2, 0.25) is 0 Å². The zero-order chi connectivity index (χ0) is 22.0. The van der Waals surface area contributed by atoms with Gasteiger partial charge in [-0.3, -0.25) is 9.59 Å². The number of anilines is 3. The molecule has 2 unspecified atom stereocenters. The Kier molecular flexibility index (Phi) is 4.15. The second-order valence-electron chi connectivity index (χ2n) is 8.13. The first kappa shape index (κ1) is 19.3. The van der Waals surface area contributed by atoms with E-state index in [1.54, 1.807) is 13.8 Å². The Morgan fingerprint density at radius 3 is 1.77 bits per heavy atom. The maximum atomic E-state index is 14.1. The molecule has 0 saturated heterocycles. The minimum absolute atomic E-state index is 0.353. The Morgan fingerprint density at radius 2 is 1.35 bits per heavy atom. The van der Waals surface area contributed by atoms with Crippen molar-refractivity contribution in [3.05, 3.63) is 76.1 Å². The zero-order valence-corrected chi connectivity index (χ0v) is 16.8. The third kappa shape index (κ3) is 2.82. The molecule has 3 aromatic rings. The van der Waals surface area contributed by atoms with Crippen LogP contribution in [0.15, 0.2) is 36.4 Å². The number of halogens is 2. The molecule has 8 heteroatoms. The minimum Gasteiger partial charge on any atom is -0.397 e. The van der Waals surface area contributed by atoms with E-state index in [9.17, 15) is 18.4 Å². The normalized spacial score (nSPS) is 20.3. The number of amides is 2. The first-order valence-corrected chi connectivity index (χ1v) is 9.91. The largest absolute Gasteiger partial charge is 0.397 e. The van der Waals surface area contributed by atoms with Crippen molar-refractivity contribution in [2.45, 2.75) is 31.6 Å². The van der Waals surface area contributed by atoms with Gasteiger partial charge in [-0.05, 0) is 66.9 Å². The lowest BCUT2D eigenvalue weighted by atomic mass is 9.73. The first-order valence-electron chi connectivity index (χ1n) is 9.91. The van der Waals surface area contributed by atoms with Crippen LogP contribution in [-0.2, 0) is 9.59 Å². The molecule has 2 aliphatic heterocycles. The summed E-state index contributed by atoms with van der Waals surface area (Å²) in [5.41, 5.74) is 10.6. The van der Waals surface area contributed by atoms with E-state index < -0.39 is 29.4 Å². The minimum atomic E-state index is -0.869. The molecule has 1 aromatic heterocycles. The fourth-order valence-corrected chi connectivity index (χ4v) is 4.87. The summed E-state index contributed by atoms with van der Waals surface area (Å²) < 4.78 is 28.3. The van der Waals surface area contributed by atoms with Gasteiger partial charge in [-0.2, -0.15) is 0 Å². The van der Waals surface area contributed by atoms with Gasteiger partial charge in [-0.25, -0.2) is 8.78 Å². The average Bonchev–Trinajstić information content (AvgIpc) is 3.30. The zero-order valence-electron chi connectivity index (χ0n) is 16.8. The molecule has 0 radical (unpaired) electrons. The summed E-state index contributed by atoms with van der Waals surface area (Å²) in [6, 6.07) is 8.15. The maximum Gasteiger partial charge on any atom is 0.232 e. The number of carbonyl (C=O) groups is 2. The van der Waals surface area contributed by atoms with Gasteiger partial charge in [0.1, 0.15) is 11.6 Å². The SMILES string of the molecule is Cc1[nH]c(C(C2C(=O)Nc3ccc(F)cc32)C2C(=O)Nc3ccc(F)cc32)c(C)c1N. The molecule has 2 aromatic carbocycles. The van der Waals surface area contributed by atoms with Crippen LogP contribution in [0.5, 0.6) is 0 Å². The molecule has 31 heavy (non-hydrogen) atoms. The molecule has 0 aliphatic carbocycles. The number of H-pyrrole nitrogens is 1. The van der Waals surface area contributed by atoms with Crippen molar-refractivity contribution in [1.29, 1.82) is 0 Å². The van der Waals surface area contributed by atoms with E-state index in [2.05, 4.69) is 15.6 Å². The topological polar surface area (TPSA) is 100 Å². The Hall–Kier alpha value is -3.68. The molecule has 158 valence electrons. The van der Waals surface area contributed by atoms with E-state index in [1.165, 1.54) is 36.4 Å². The van der Waals surface area contributed by atoms with E-state index in [0.717, 1.165) is 0 Å². The van der Waals surface area contributed by atoms with Gasteiger partial charge >= 0.3 is 0 Å². The average molecular weight is 422 g/mol. The van der Waals surface area contributed by atoms with Crippen LogP contribution < -0.4 is 16.4 Å². The predicted octanol–water partition coefficient (Wildman–Crippen LogP) is 4.05. The molecule has 0 saturated carbocycles. The van der Waals surface area contributed by atoms with Crippen molar-refractivity contribution < 1.29 is 18.4 Å². The molecule has 2 atom stereocenters. The van der Waals surface area contributed by atoms with Crippen LogP contribution in [-0.4, -0.2) is 16.8 Å². The summed E-state index contributed by atoms with van der Waals surface area (Å²) in [7, 11) is 0. The second-order valence-corrected chi connectivity index (χ2v) is 8.13. The highest BCUT2D eigenvalue weighted by Gasteiger charge is 2.48. The van der Waals surface area contributed by atoms with Gasteiger partial charge in [-0.1, -0.05) is 0 Å². The molecule has 6 nitrogen and oxygen atoms in total. The number of benzene rings is 2. The Morgan fingerprint density at radius 1 is 0.871 bits per heavy atom. The fraction of sp³-hybridized carbons (Fsp3) is 0.217. The molecule has 5 N–H and O–H groups in total. The summed E-state index contributed by atoms with van der Waals surface area (Å²) in [6.45, 7) is 3.60. The smallest absolute Gasteiger partial charge is 0.232 e. The van der Waals surface area contributed by atoms with E-state index in [4.69, 9.17) is 5.73 Å². The van der Waals surface area contributed by atoms with Crippen LogP contribution in [0.25, 0.3) is 0 Å². The molecule has 5 rings (SSSR count). The Labute approximate surface area is 176 Å². The highest BCUT2D eigenvalue weighted by atomic mass is 19.1. The van der Waals surface area contributed by atoms with Crippen molar-refractivity contribution in [2.24, 2.45) is 0 Å². The number of nitrogen functional groups attached to an aromatic ring is 1. The number of nitrogens with one attached hydrogen (secondary N) is 3. The monoisotopic (exact) mass is 422 g/mol. The van der Waals surface area contributed by atoms with Gasteiger partial charge in [0.2, 0.25) is 11.8 Å². The van der Waals surface area contributed by atoms with Gasteiger partial charge in [-0.15, -0.1) is 0 Å². The Bertz CT molecular complexity index is 1200. The number of hydrogen-bond donors (Lipinski definition) is 4. The second kappa shape index (κ2) is 6.66. The molecule has 0 bridgehead atoms. The summed E-state index contributed by atoms with van der Waals surface area (Å²) in [6.07, 6.45) is 0. The van der Waals surface area contributed by atoms with Crippen LogP contribution in [0, 0.1) is 25.5 Å². The van der Waals surface area contributed by atoms with Crippen molar-refractivity contribution in [2.75, 3.05) is 16.4 Å². The summed E-state index contributed by atoms with van der Waals surface area (Å²) in [5.74, 6) is -4.16. The van der Waals surface area contributed by atoms with Gasteiger partial charge < -0.3 is 21.4 Å². The van der Waals surface area contributed by atoms with Crippen molar-refractivity contribution in [3.63, 3.8) is 0 Å². The molecule has 0 spiro atoms. The summed E-state index contributed by atoms with van der Waals surface area (Å²) in [5, 5.41) is 5.57. The maximum absolute atomic E-state index is 14.1.